The van der Waals surface area contributed by atoms with Gasteiger partial charge in [0, 0.05) is 37.3 Å². The van der Waals surface area contributed by atoms with Gasteiger partial charge in [-0.05, 0) is 49.7 Å². The fourth-order valence-electron chi connectivity index (χ4n) is 3.47. The highest BCUT2D eigenvalue weighted by molar-refractivity contribution is 7.89. The molecule has 29 heavy (non-hydrogen) atoms. The van der Waals surface area contributed by atoms with Crippen molar-refractivity contribution in [3.05, 3.63) is 64.7 Å². The summed E-state index contributed by atoms with van der Waals surface area (Å²) in [6, 6.07) is 13.5. The van der Waals surface area contributed by atoms with E-state index >= 15 is 0 Å². The third-order valence-electron chi connectivity index (χ3n) is 4.76. The zero-order valence-electron chi connectivity index (χ0n) is 16.7. The first-order chi connectivity index (χ1) is 13.7. The molecule has 6 nitrogen and oxygen atoms in total. The number of nitrogens with zero attached hydrogens (tertiary/aromatic N) is 2. The molecule has 1 fully saturated rings. The van der Waals surface area contributed by atoms with Crippen molar-refractivity contribution in [2.75, 3.05) is 20.1 Å². The smallest absolute Gasteiger partial charge is 0.253 e. The van der Waals surface area contributed by atoms with Gasteiger partial charge in [0.25, 0.3) is 5.91 Å². The molecule has 2 aromatic carbocycles. The van der Waals surface area contributed by atoms with Crippen LogP contribution >= 0.6 is 11.6 Å². The number of hydrogen-bond acceptors (Lipinski definition) is 4. The molecule has 1 heterocycles. The van der Waals surface area contributed by atoms with Gasteiger partial charge in [0.15, 0.2) is 0 Å². The number of halogens is 1. The molecule has 3 rings (SSSR count). The Hall–Kier alpha value is -1.93. The van der Waals surface area contributed by atoms with Crippen LogP contribution in [0.3, 0.4) is 0 Å². The van der Waals surface area contributed by atoms with Crippen molar-refractivity contribution < 1.29 is 17.9 Å². The van der Waals surface area contributed by atoms with Gasteiger partial charge in [0.2, 0.25) is 10.0 Å². The summed E-state index contributed by atoms with van der Waals surface area (Å²) in [6.07, 6.45) is -0.357. The Kier molecular flexibility index (Phi) is 6.63. The lowest BCUT2D eigenvalue weighted by Gasteiger charge is -2.34. The maximum absolute atomic E-state index is 13.1. The molecule has 2 atom stereocenters. The molecule has 2 aromatic rings. The third-order valence-corrected chi connectivity index (χ3v) is 6.82. The maximum atomic E-state index is 13.1. The molecular formula is C21H25ClN2O4S. The topological polar surface area (TPSA) is 66.9 Å². The molecule has 0 bridgehead atoms. The average Bonchev–Trinajstić information content (AvgIpc) is 2.66. The van der Waals surface area contributed by atoms with Gasteiger partial charge in [0.05, 0.1) is 17.1 Å². The zero-order chi connectivity index (χ0) is 21.2. The van der Waals surface area contributed by atoms with Gasteiger partial charge in [-0.2, -0.15) is 4.31 Å². The third kappa shape index (κ3) is 5.17. The molecule has 0 saturated carbocycles. The van der Waals surface area contributed by atoms with Crippen molar-refractivity contribution in [3.63, 3.8) is 0 Å². The normalized spacial score (nSPS) is 20.4. The van der Waals surface area contributed by atoms with E-state index in [1.54, 1.807) is 31.3 Å². The number of hydrogen-bond donors (Lipinski definition) is 0. The first-order valence-electron chi connectivity index (χ1n) is 9.42. The number of carbonyl (C=O) groups is 1. The molecule has 0 aliphatic carbocycles. The fourth-order valence-corrected chi connectivity index (χ4v) is 5.32. The predicted molar refractivity (Wildman–Crippen MR) is 112 cm³/mol. The van der Waals surface area contributed by atoms with Gasteiger partial charge in [-0.1, -0.05) is 29.8 Å². The zero-order valence-corrected chi connectivity index (χ0v) is 18.3. The summed E-state index contributed by atoms with van der Waals surface area (Å²) in [5.41, 5.74) is 1.22. The second-order valence-corrected chi connectivity index (χ2v) is 9.77. The molecule has 1 aliphatic heterocycles. The molecule has 0 aromatic heterocycles. The minimum Gasteiger partial charge on any atom is -0.373 e. The Morgan fingerprint density at radius 3 is 2.45 bits per heavy atom. The number of ether oxygens (including phenoxy) is 1. The monoisotopic (exact) mass is 436 g/mol. The standard InChI is InChI=1S/C21H25ClN2O4S/c1-15-12-24(13-16(2)28-15)29(26,27)20-9-5-7-18(11-20)21(25)23(3)14-17-6-4-8-19(22)10-17/h4-11,15-16H,12-14H2,1-3H3/t15-,16+. The van der Waals surface area contributed by atoms with Crippen LogP contribution < -0.4 is 0 Å². The Morgan fingerprint density at radius 1 is 1.14 bits per heavy atom. The molecule has 0 spiro atoms. The molecular weight excluding hydrogens is 412 g/mol. The quantitative estimate of drug-likeness (QED) is 0.720. The van der Waals surface area contributed by atoms with E-state index in [0.29, 0.717) is 30.2 Å². The van der Waals surface area contributed by atoms with Crippen LogP contribution in [0.2, 0.25) is 5.02 Å². The van der Waals surface area contributed by atoms with Crippen LogP contribution in [0, 0.1) is 0 Å². The largest absolute Gasteiger partial charge is 0.373 e. The van der Waals surface area contributed by atoms with Gasteiger partial charge >= 0.3 is 0 Å². The van der Waals surface area contributed by atoms with Crippen LogP contribution in [0.15, 0.2) is 53.4 Å². The SMILES string of the molecule is C[C@@H]1CN(S(=O)(=O)c2cccc(C(=O)N(C)Cc3cccc(Cl)c3)c2)C[C@H](C)O1. The van der Waals surface area contributed by atoms with Gasteiger partial charge < -0.3 is 9.64 Å². The van der Waals surface area contributed by atoms with Crippen molar-refractivity contribution in [1.82, 2.24) is 9.21 Å². The van der Waals surface area contributed by atoms with Gasteiger partial charge in [-0.15, -0.1) is 0 Å². The van der Waals surface area contributed by atoms with Crippen molar-refractivity contribution in [2.24, 2.45) is 0 Å². The van der Waals surface area contributed by atoms with Crippen molar-refractivity contribution >= 4 is 27.5 Å². The summed E-state index contributed by atoms with van der Waals surface area (Å²) < 4.78 is 33.2. The van der Waals surface area contributed by atoms with E-state index in [-0.39, 0.29) is 23.0 Å². The van der Waals surface area contributed by atoms with Crippen LogP contribution in [-0.2, 0) is 21.3 Å². The summed E-state index contributed by atoms with van der Waals surface area (Å²) in [7, 11) is -2.03. The van der Waals surface area contributed by atoms with Crippen molar-refractivity contribution in [1.29, 1.82) is 0 Å². The molecule has 156 valence electrons. The maximum Gasteiger partial charge on any atom is 0.253 e. The molecule has 1 saturated heterocycles. The second-order valence-electron chi connectivity index (χ2n) is 7.40. The van der Waals surface area contributed by atoms with Crippen molar-refractivity contribution in [2.45, 2.75) is 37.5 Å². The minimum absolute atomic E-state index is 0.112. The van der Waals surface area contributed by atoms with Crippen molar-refractivity contribution in [3.8, 4) is 0 Å². The van der Waals surface area contributed by atoms with E-state index in [2.05, 4.69) is 0 Å². The molecule has 1 amide bonds. The molecule has 0 N–H and O–H groups in total. The molecule has 0 unspecified atom stereocenters. The average molecular weight is 437 g/mol. The first kappa shape index (κ1) is 21.8. The Bertz CT molecular complexity index is 986. The molecule has 1 aliphatic rings. The lowest BCUT2D eigenvalue weighted by Crippen LogP contribution is -2.48. The highest BCUT2D eigenvalue weighted by atomic mass is 35.5. The number of sulfonamides is 1. The number of rotatable bonds is 5. The Balaban J connectivity index is 1.80. The fraction of sp³-hybridized carbons (Fsp3) is 0.381. The van der Waals surface area contributed by atoms with E-state index in [4.69, 9.17) is 16.3 Å². The van der Waals surface area contributed by atoms with E-state index < -0.39 is 10.0 Å². The van der Waals surface area contributed by atoms with Crippen LogP contribution in [0.25, 0.3) is 0 Å². The molecule has 0 radical (unpaired) electrons. The van der Waals surface area contributed by atoms with Crippen LogP contribution in [0.4, 0.5) is 0 Å². The summed E-state index contributed by atoms with van der Waals surface area (Å²) >= 11 is 6.01. The minimum atomic E-state index is -3.71. The number of benzene rings is 2. The highest BCUT2D eigenvalue weighted by Gasteiger charge is 2.32. The van der Waals surface area contributed by atoms with E-state index in [1.165, 1.54) is 21.3 Å². The Labute approximate surface area is 177 Å². The van der Waals surface area contributed by atoms with Gasteiger partial charge in [0.1, 0.15) is 0 Å². The summed E-state index contributed by atoms with van der Waals surface area (Å²) in [6.45, 7) is 4.65. The van der Waals surface area contributed by atoms with Crippen LogP contribution in [-0.4, -0.2) is 55.9 Å². The highest BCUT2D eigenvalue weighted by Crippen LogP contribution is 2.22. The van der Waals surface area contributed by atoms with Gasteiger partial charge in [-0.25, -0.2) is 8.42 Å². The lowest BCUT2D eigenvalue weighted by atomic mass is 10.1. The molecule has 8 heteroatoms. The van der Waals surface area contributed by atoms with E-state index in [1.807, 2.05) is 26.0 Å². The Morgan fingerprint density at radius 2 is 1.79 bits per heavy atom. The number of morpholine rings is 1. The number of amides is 1. The van der Waals surface area contributed by atoms with E-state index in [9.17, 15) is 13.2 Å². The van der Waals surface area contributed by atoms with Gasteiger partial charge in [-0.3, -0.25) is 4.79 Å². The summed E-state index contributed by atoms with van der Waals surface area (Å²) in [5, 5.41) is 0.602. The first-order valence-corrected chi connectivity index (χ1v) is 11.2. The predicted octanol–water partition coefficient (Wildman–Crippen LogP) is 3.41. The second kappa shape index (κ2) is 8.83. The number of carbonyl (C=O) groups excluding carboxylic acids is 1. The lowest BCUT2D eigenvalue weighted by molar-refractivity contribution is -0.0440. The van der Waals surface area contributed by atoms with E-state index in [0.717, 1.165) is 5.56 Å². The summed E-state index contributed by atoms with van der Waals surface area (Å²) in [4.78, 5) is 14.5. The van der Waals surface area contributed by atoms with Crippen LogP contribution in [0.1, 0.15) is 29.8 Å². The summed E-state index contributed by atoms with van der Waals surface area (Å²) in [5.74, 6) is -0.259. The van der Waals surface area contributed by atoms with Crippen LogP contribution in [0.5, 0.6) is 0 Å².